The lowest BCUT2D eigenvalue weighted by Gasteiger charge is -2.13. The van der Waals surface area contributed by atoms with E-state index in [1.165, 1.54) is 36.6 Å². The molecule has 0 fully saturated rings. The lowest BCUT2D eigenvalue weighted by atomic mass is 10.1. The molecule has 0 saturated carbocycles. The molecule has 0 aliphatic carbocycles. The summed E-state index contributed by atoms with van der Waals surface area (Å²) >= 11 is 0. The Kier molecular flexibility index (Phi) is 6.68. The van der Waals surface area contributed by atoms with Crippen LogP contribution < -0.4 is 10.6 Å². The van der Waals surface area contributed by atoms with Gasteiger partial charge in [0.05, 0.1) is 5.52 Å². The van der Waals surface area contributed by atoms with Crippen molar-refractivity contribution < 1.29 is 0 Å². The second kappa shape index (κ2) is 9.03. The number of aromatic nitrogens is 1. The second-order valence-corrected chi connectivity index (χ2v) is 5.40. The molecule has 0 amide bonds. The first-order valence-corrected chi connectivity index (χ1v) is 8.12. The minimum absolute atomic E-state index is 0.748. The Morgan fingerprint density at radius 3 is 2.77 bits per heavy atom. The summed E-state index contributed by atoms with van der Waals surface area (Å²) in [6.07, 6.45) is 6.89. The molecule has 0 atom stereocenters. The molecular formula is C18H26N4. The Bertz CT molecular complexity index is 602. The smallest absolute Gasteiger partial charge is 0.191 e. The number of unbranched alkanes of at least 4 members (excludes halogenated alkanes) is 3. The number of pyridine rings is 1. The van der Waals surface area contributed by atoms with Crippen LogP contribution in [0.4, 0.5) is 0 Å². The number of para-hydroxylation sites is 1. The van der Waals surface area contributed by atoms with Gasteiger partial charge in [0, 0.05) is 31.7 Å². The summed E-state index contributed by atoms with van der Waals surface area (Å²) in [5.74, 6) is 0.859. The molecule has 4 heteroatoms. The van der Waals surface area contributed by atoms with E-state index in [0.717, 1.165) is 24.6 Å². The summed E-state index contributed by atoms with van der Waals surface area (Å²) in [6.45, 7) is 3.95. The summed E-state index contributed by atoms with van der Waals surface area (Å²) < 4.78 is 0. The molecule has 22 heavy (non-hydrogen) atoms. The first-order chi connectivity index (χ1) is 10.8. The Morgan fingerprint density at radius 2 is 1.95 bits per heavy atom. The standard InChI is InChI=1S/C18H26N4/c1-3-4-5-8-12-21-18(19-2)22-14-15-11-13-20-17-10-7-6-9-16(15)17/h6-7,9-11,13H,3-5,8,12,14H2,1-2H3,(H2,19,21,22). The zero-order chi connectivity index (χ0) is 15.6. The quantitative estimate of drug-likeness (QED) is 0.467. The maximum absolute atomic E-state index is 4.39. The molecule has 2 N–H and O–H groups in total. The van der Waals surface area contributed by atoms with Crippen molar-refractivity contribution in [1.82, 2.24) is 15.6 Å². The van der Waals surface area contributed by atoms with Crippen LogP contribution in [-0.2, 0) is 6.54 Å². The molecule has 0 bridgehead atoms. The van der Waals surface area contributed by atoms with E-state index < -0.39 is 0 Å². The molecule has 118 valence electrons. The number of aliphatic imine (C=N–C) groups is 1. The van der Waals surface area contributed by atoms with Crippen LogP contribution in [0.3, 0.4) is 0 Å². The van der Waals surface area contributed by atoms with Gasteiger partial charge in [0.15, 0.2) is 5.96 Å². The molecule has 0 unspecified atom stereocenters. The van der Waals surface area contributed by atoms with Gasteiger partial charge in [-0.2, -0.15) is 0 Å². The van der Waals surface area contributed by atoms with Gasteiger partial charge >= 0.3 is 0 Å². The average Bonchev–Trinajstić information content (AvgIpc) is 2.57. The maximum atomic E-state index is 4.39. The predicted octanol–water partition coefficient (Wildman–Crippen LogP) is 3.48. The number of hydrogen-bond donors (Lipinski definition) is 2. The number of fused-ring (bicyclic) bond motifs is 1. The predicted molar refractivity (Wildman–Crippen MR) is 94.1 cm³/mol. The highest BCUT2D eigenvalue weighted by Crippen LogP contribution is 2.15. The molecule has 1 heterocycles. The number of benzene rings is 1. The third kappa shape index (κ3) is 4.72. The zero-order valence-electron chi connectivity index (χ0n) is 13.6. The molecule has 0 radical (unpaired) electrons. The normalized spacial score (nSPS) is 11.6. The topological polar surface area (TPSA) is 49.3 Å². The van der Waals surface area contributed by atoms with Gasteiger partial charge in [-0.3, -0.25) is 9.98 Å². The largest absolute Gasteiger partial charge is 0.356 e. The van der Waals surface area contributed by atoms with E-state index in [2.05, 4.69) is 39.7 Å². The fourth-order valence-electron chi connectivity index (χ4n) is 2.47. The van der Waals surface area contributed by atoms with E-state index in [9.17, 15) is 0 Å². The van der Waals surface area contributed by atoms with Crippen LogP contribution in [0.5, 0.6) is 0 Å². The third-order valence-electron chi connectivity index (χ3n) is 3.73. The first kappa shape index (κ1) is 16.3. The van der Waals surface area contributed by atoms with Crippen molar-refractivity contribution in [3.63, 3.8) is 0 Å². The van der Waals surface area contributed by atoms with E-state index in [-0.39, 0.29) is 0 Å². The molecule has 0 saturated heterocycles. The summed E-state index contributed by atoms with van der Waals surface area (Å²) in [4.78, 5) is 8.67. The average molecular weight is 298 g/mol. The highest BCUT2D eigenvalue weighted by molar-refractivity contribution is 5.83. The van der Waals surface area contributed by atoms with Gasteiger partial charge in [-0.05, 0) is 24.1 Å². The monoisotopic (exact) mass is 298 g/mol. The molecule has 1 aromatic carbocycles. The summed E-state index contributed by atoms with van der Waals surface area (Å²) in [7, 11) is 1.81. The van der Waals surface area contributed by atoms with Crippen molar-refractivity contribution in [2.24, 2.45) is 4.99 Å². The van der Waals surface area contributed by atoms with Crippen molar-refractivity contribution in [2.75, 3.05) is 13.6 Å². The molecule has 0 aliphatic heterocycles. The van der Waals surface area contributed by atoms with E-state index >= 15 is 0 Å². The van der Waals surface area contributed by atoms with E-state index in [4.69, 9.17) is 0 Å². The van der Waals surface area contributed by atoms with Gasteiger partial charge in [-0.15, -0.1) is 0 Å². The highest BCUT2D eigenvalue weighted by atomic mass is 15.2. The van der Waals surface area contributed by atoms with Crippen LogP contribution in [0.15, 0.2) is 41.5 Å². The Hall–Kier alpha value is -2.10. The molecule has 2 aromatic rings. The van der Waals surface area contributed by atoms with Gasteiger partial charge in [0.1, 0.15) is 0 Å². The number of hydrogen-bond acceptors (Lipinski definition) is 2. The van der Waals surface area contributed by atoms with Crippen LogP contribution in [0, 0.1) is 0 Å². The fraction of sp³-hybridized carbons (Fsp3) is 0.444. The lowest BCUT2D eigenvalue weighted by molar-refractivity contribution is 0.647. The second-order valence-electron chi connectivity index (χ2n) is 5.40. The van der Waals surface area contributed by atoms with Crippen molar-refractivity contribution in [2.45, 2.75) is 39.2 Å². The van der Waals surface area contributed by atoms with Crippen molar-refractivity contribution in [3.05, 3.63) is 42.1 Å². The minimum Gasteiger partial charge on any atom is -0.356 e. The Balaban J connectivity index is 1.87. The molecular weight excluding hydrogens is 272 g/mol. The molecule has 0 aliphatic rings. The summed E-state index contributed by atoms with van der Waals surface area (Å²) in [5, 5.41) is 7.94. The molecule has 0 spiro atoms. The molecule has 2 rings (SSSR count). The SMILES string of the molecule is CCCCCCNC(=NC)NCc1ccnc2ccccc12. The van der Waals surface area contributed by atoms with E-state index in [0.29, 0.717) is 0 Å². The number of nitrogens with zero attached hydrogens (tertiary/aromatic N) is 2. The van der Waals surface area contributed by atoms with E-state index in [1.54, 1.807) is 0 Å². The third-order valence-corrected chi connectivity index (χ3v) is 3.73. The number of nitrogens with one attached hydrogen (secondary N) is 2. The van der Waals surface area contributed by atoms with Gasteiger partial charge in [0.25, 0.3) is 0 Å². The Morgan fingerprint density at radius 1 is 1.09 bits per heavy atom. The summed E-state index contributed by atoms with van der Waals surface area (Å²) in [5.41, 5.74) is 2.27. The van der Waals surface area contributed by atoms with Crippen LogP contribution in [0.1, 0.15) is 38.2 Å². The summed E-state index contributed by atoms with van der Waals surface area (Å²) in [6, 6.07) is 10.3. The number of guanidine groups is 1. The fourth-order valence-corrected chi connectivity index (χ4v) is 2.47. The lowest BCUT2D eigenvalue weighted by Crippen LogP contribution is -2.37. The van der Waals surface area contributed by atoms with E-state index in [1.807, 2.05) is 31.4 Å². The van der Waals surface area contributed by atoms with Crippen LogP contribution in [0.25, 0.3) is 10.9 Å². The molecule has 4 nitrogen and oxygen atoms in total. The highest BCUT2D eigenvalue weighted by Gasteiger charge is 2.02. The van der Waals surface area contributed by atoms with Crippen LogP contribution >= 0.6 is 0 Å². The van der Waals surface area contributed by atoms with Gasteiger partial charge in [-0.1, -0.05) is 44.4 Å². The Labute approximate surface area is 133 Å². The van der Waals surface area contributed by atoms with Crippen LogP contribution in [-0.4, -0.2) is 24.5 Å². The van der Waals surface area contributed by atoms with Gasteiger partial charge in [0.2, 0.25) is 0 Å². The van der Waals surface area contributed by atoms with Gasteiger partial charge < -0.3 is 10.6 Å². The van der Waals surface area contributed by atoms with Crippen LogP contribution in [0.2, 0.25) is 0 Å². The zero-order valence-corrected chi connectivity index (χ0v) is 13.6. The number of rotatable bonds is 7. The first-order valence-electron chi connectivity index (χ1n) is 8.12. The molecule has 1 aromatic heterocycles. The van der Waals surface area contributed by atoms with Gasteiger partial charge in [-0.25, -0.2) is 0 Å². The van der Waals surface area contributed by atoms with Crippen molar-refractivity contribution >= 4 is 16.9 Å². The maximum Gasteiger partial charge on any atom is 0.191 e. The van der Waals surface area contributed by atoms with Crippen molar-refractivity contribution in [1.29, 1.82) is 0 Å². The minimum atomic E-state index is 0.748. The van der Waals surface area contributed by atoms with Crippen molar-refractivity contribution in [3.8, 4) is 0 Å².